The second kappa shape index (κ2) is 11.5. The molecule has 2 aromatic rings. The zero-order valence-corrected chi connectivity index (χ0v) is 20.6. The summed E-state index contributed by atoms with van der Waals surface area (Å²) in [4.78, 5) is 59.8. The molecule has 1 amide bonds. The fraction of sp³-hybridized carbons (Fsp3) is 0.481. The van der Waals surface area contributed by atoms with Gasteiger partial charge in [-0.15, -0.1) is 0 Å². The summed E-state index contributed by atoms with van der Waals surface area (Å²) in [6, 6.07) is 2.74. The van der Waals surface area contributed by atoms with Crippen LogP contribution in [0.5, 0.6) is 0 Å². The Morgan fingerprint density at radius 1 is 1.19 bits per heavy atom. The molecule has 1 saturated carbocycles. The number of rotatable bonds is 12. The number of halogens is 1. The number of hydrogen-bond acceptors (Lipinski definition) is 6. The summed E-state index contributed by atoms with van der Waals surface area (Å²) in [5, 5.41) is 0. The van der Waals surface area contributed by atoms with E-state index in [0.717, 1.165) is 12.8 Å². The number of ether oxygens (including phenoxy) is 1. The predicted molar refractivity (Wildman–Crippen MR) is 130 cm³/mol. The molecule has 0 N–H and O–H groups in total. The maximum Gasteiger partial charge on any atom is 0.313 e. The second-order valence-electron chi connectivity index (χ2n) is 9.51. The van der Waals surface area contributed by atoms with Crippen molar-refractivity contribution in [2.75, 3.05) is 13.2 Å². The molecule has 1 aliphatic heterocycles. The Balaban J connectivity index is 1.39. The number of carbonyl (C=O) groups excluding carboxylic acids is 4. The van der Waals surface area contributed by atoms with Crippen LogP contribution in [0.15, 0.2) is 36.9 Å². The van der Waals surface area contributed by atoms with Crippen molar-refractivity contribution in [3.63, 3.8) is 0 Å². The van der Waals surface area contributed by atoms with Gasteiger partial charge in [-0.1, -0.05) is 0 Å². The third kappa shape index (κ3) is 6.10. The zero-order chi connectivity index (χ0) is 26.5. The largest absolute Gasteiger partial charge is 0.466 e. The smallest absolute Gasteiger partial charge is 0.313 e. The molecule has 2 aliphatic rings. The highest BCUT2D eigenvalue weighted by Crippen LogP contribution is 2.41. The summed E-state index contributed by atoms with van der Waals surface area (Å²) < 4.78 is 21.0. The van der Waals surface area contributed by atoms with Gasteiger partial charge in [-0.05, 0) is 50.3 Å². The fourth-order valence-electron chi connectivity index (χ4n) is 4.71. The van der Waals surface area contributed by atoms with E-state index >= 15 is 0 Å². The van der Waals surface area contributed by atoms with E-state index in [1.165, 1.54) is 34.1 Å². The van der Waals surface area contributed by atoms with E-state index in [9.17, 15) is 23.6 Å². The molecule has 3 unspecified atom stereocenters. The molecule has 1 saturated heterocycles. The summed E-state index contributed by atoms with van der Waals surface area (Å²) >= 11 is 0. The topological polar surface area (TPSA) is 103 Å². The van der Waals surface area contributed by atoms with Crippen LogP contribution in [0.4, 0.5) is 4.39 Å². The molecule has 0 bridgehead atoms. The average molecular weight is 509 g/mol. The lowest BCUT2D eigenvalue weighted by Gasteiger charge is -2.42. The van der Waals surface area contributed by atoms with Gasteiger partial charge < -0.3 is 19.0 Å². The van der Waals surface area contributed by atoms with E-state index in [1.807, 2.05) is 0 Å². The molecule has 3 atom stereocenters. The molecule has 194 valence electrons. The number of carbonyl (C=O) groups is 4. The Hall–Kier alpha value is -3.87. The van der Waals surface area contributed by atoms with Crippen LogP contribution in [0.3, 0.4) is 0 Å². The van der Waals surface area contributed by atoms with Crippen LogP contribution in [0.2, 0.25) is 0 Å². The van der Waals surface area contributed by atoms with Gasteiger partial charge in [0.2, 0.25) is 11.9 Å². The van der Waals surface area contributed by atoms with Gasteiger partial charge in [-0.2, -0.15) is 0 Å². The molecule has 10 heteroatoms. The number of nitrogens with zero attached hydrogens (tertiary/aromatic N) is 4. The molecule has 0 spiro atoms. The SMILES string of the molecule is [C-]#[N+]C(CC(=O)OCC)CC(=O)C1CCN1C(=O)C(CC(=O)c1ccc(-n2ccnc2)c(F)c1)C1CC1. The molecule has 2 heterocycles. The first-order chi connectivity index (χ1) is 17.8. The molecule has 1 aliphatic carbocycles. The quantitative estimate of drug-likeness (QED) is 0.247. The van der Waals surface area contributed by atoms with Crippen molar-refractivity contribution < 1.29 is 28.3 Å². The number of imidazole rings is 1. The summed E-state index contributed by atoms with van der Waals surface area (Å²) in [6.45, 7) is 9.58. The maximum absolute atomic E-state index is 14.7. The minimum absolute atomic E-state index is 0.0572. The van der Waals surface area contributed by atoms with E-state index in [1.54, 1.807) is 19.2 Å². The van der Waals surface area contributed by atoms with Gasteiger partial charge in [-0.25, -0.2) is 15.9 Å². The second-order valence-corrected chi connectivity index (χ2v) is 9.51. The van der Waals surface area contributed by atoms with Crippen molar-refractivity contribution in [3.8, 4) is 5.69 Å². The van der Waals surface area contributed by atoms with E-state index in [2.05, 4.69) is 9.83 Å². The number of ketones is 2. The highest BCUT2D eigenvalue weighted by Gasteiger charge is 2.46. The lowest BCUT2D eigenvalue weighted by molar-refractivity contribution is -0.150. The molecule has 2 fully saturated rings. The Morgan fingerprint density at radius 3 is 2.54 bits per heavy atom. The first-order valence-electron chi connectivity index (χ1n) is 12.5. The number of benzene rings is 1. The number of amides is 1. The predicted octanol–water partition coefficient (Wildman–Crippen LogP) is 3.41. The molecular formula is C27H29FN4O5. The van der Waals surface area contributed by atoms with Gasteiger partial charge in [-0.3, -0.25) is 19.2 Å². The van der Waals surface area contributed by atoms with Gasteiger partial charge in [0.05, 0.1) is 31.1 Å². The highest BCUT2D eigenvalue weighted by atomic mass is 19.1. The minimum atomic E-state index is -0.829. The highest BCUT2D eigenvalue weighted by molar-refractivity contribution is 6.00. The minimum Gasteiger partial charge on any atom is -0.466 e. The summed E-state index contributed by atoms with van der Waals surface area (Å²) in [5.74, 6) is -2.45. The van der Waals surface area contributed by atoms with Crippen molar-refractivity contribution in [2.24, 2.45) is 11.8 Å². The van der Waals surface area contributed by atoms with Gasteiger partial charge in [0, 0.05) is 36.8 Å². The first kappa shape index (κ1) is 26.2. The van der Waals surface area contributed by atoms with Gasteiger partial charge >= 0.3 is 5.97 Å². The monoisotopic (exact) mass is 508 g/mol. The van der Waals surface area contributed by atoms with Crippen LogP contribution in [0.1, 0.15) is 55.8 Å². The van der Waals surface area contributed by atoms with Crippen molar-refractivity contribution >= 4 is 23.4 Å². The molecule has 1 aromatic carbocycles. The summed E-state index contributed by atoms with van der Waals surface area (Å²) in [5.41, 5.74) is 0.460. The van der Waals surface area contributed by atoms with E-state index < -0.39 is 29.8 Å². The lowest BCUT2D eigenvalue weighted by Crippen LogP contribution is -2.57. The van der Waals surface area contributed by atoms with Crippen LogP contribution in [-0.4, -0.2) is 63.1 Å². The average Bonchev–Trinajstić information content (AvgIpc) is 3.54. The molecule has 4 rings (SSSR count). The molecule has 0 radical (unpaired) electrons. The van der Waals surface area contributed by atoms with Crippen LogP contribution in [0, 0.1) is 24.2 Å². The maximum atomic E-state index is 14.7. The van der Waals surface area contributed by atoms with Crippen molar-refractivity contribution in [1.82, 2.24) is 14.5 Å². The summed E-state index contributed by atoms with van der Waals surface area (Å²) in [6.07, 6.45) is 6.37. The van der Waals surface area contributed by atoms with Crippen molar-refractivity contribution in [3.05, 3.63) is 59.7 Å². The number of Topliss-reactive ketones (excluding diaryl/α,β-unsaturated/α-hetero) is 2. The van der Waals surface area contributed by atoms with Crippen LogP contribution >= 0.6 is 0 Å². The molecular weight excluding hydrogens is 479 g/mol. The Morgan fingerprint density at radius 2 is 1.97 bits per heavy atom. The van der Waals surface area contributed by atoms with Crippen LogP contribution < -0.4 is 0 Å². The number of likely N-dealkylation sites (tertiary alicyclic amines) is 1. The lowest BCUT2D eigenvalue weighted by atomic mass is 9.88. The summed E-state index contributed by atoms with van der Waals surface area (Å²) in [7, 11) is 0. The third-order valence-corrected chi connectivity index (χ3v) is 6.97. The Bertz CT molecular complexity index is 1220. The zero-order valence-electron chi connectivity index (χ0n) is 20.6. The van der Waals surface area contributed by atoms with E-state index in [4.69, 9.17) is 11.3 Å². The molecule has 37 heavy (non-hydrogen) atoms. The number of aromatic nitrogens is 2. The van der Waals surface area contributed by atoms with E-state index in [-0.39, 0.29) is 60.5 Å². The van der Waals surface area contributed by atoms with Crippen LogP contribution in [0.25, 0.3) is 10.5 Å². The van der Waals surface area contributed by atoms with Crippen LogP contribution in [-0.2, 0) is 19.1 Å². The number of esters is 1. The first-order valence-corrected chi connectivity index (χ1v) is 12.5. The van der Waals surface area contributed by atoms with Crippen molar-refractivity contribution in [2.45, 2.75) is 57.5 Å². The van der Waals surface area contributed by atoms with Gasteiger partial charge in [0.25, 0.3) is 0 Å². The normalized spacial score (nSPS) is 18.3. The number of hydrogen-bond donors (Lipinski definition) is 0. The fourth-order valence-corrected chi connectivity index (χ4v) is 4.71. The molecule has 9 nitrogen and oxygen atoms in total. The van der Waals surface area contributed by atoms with E-state index in [0.29, 0.717) is 13.0 Å². The van der Waals surface area contributed by atoms with Gasteiger partial charge in [0.1, 0.15) is 12.2 Å². The Kier molecular flexibility index (Phi) is 8.11. The third-order valence-electron chi connectivity index (χ3n) is 6.97. The van der Waals surface area contributed by atoms with Crippen molar-refractivity contribution in [1.29, 1.82) is 0 Å². The standard InChI is InChI=1S/C27H29FN4O5/c1-3-37-26(35)14-19(29-2)13-25(34)23-8-10-32(23)27(36)20(17-4-5-17)15-24(33)18-6-7-22(21(28)12-18)31-11-9-30-16-31/h6-7,9,11-12,16-17,19-20,23H,3-5,8,10,13-15H2,1H3. The van der Waals surface area contributed by atoms with Gasteiger partial charge in [0.15, 0.2) is 11.6 Å². The molecule has 1 aromatic heterocycles. The Labute approximate surface area is 214 Å².